The number of benzene rings is 1. The van der Waals surface area contributed by atoms with Gasteiger partial charge in [-0.25, -0.2) is 4.98 Å². The fourth-order valence-corrected chi connectivity index (χ4v) is 3.15. The van der Waals surface area contributed by atoms with Crippen LogP contribution in [0.3, 0.4) is 0 Å². The molecule has 4 nitrogen and oxygen atoms in total. The number of nitrogens with zero attached hydrogens (tertiary/aromatic N) is 2. The Labute approximate surface area is 143 Å². The lowest BCUT2D eigenvalue weighted by Gasteiger charge is -2.23. The van der Waals surface area contributed by atoms with Crippen molar-refractivity contribution in [1.29, 1.82) is 0 Å². The minimum absolute atomic E-state index is 0.206. The van der Waals surface area contributed by atoms with Gasteiger partial charge in [0.15, 0.2) is 5.76 Å². The zero-order chi connectivity index (χ0) is 17.3. The van der Waals surface area contributed by atoms with Gasteiger partial charge in [-0.3, -0.25) is 4.90 Å². The van der Waals surface area contributed by atoms with Crippen LogP contribution in [0.1, 0.15) is 44.3 Å². The Morgan fingerprint density at radius 2 is 2.00 bits per heavy atom. The Kier molecular flexibility index (Phi) is 4.76. The number of para-hydroxylation sites is 1. The van der Waals surface area contributed by atoms with Crippen LogP contribution in [0.5, 0.6) is 0 Å². The number of aromatic nitrogens is 2. The third-order valence-electron chi connectivity index (χ3n) is 4.88. The van der Waals surface area contributed by atoms with Crippen molar-refractivity contribution in [3.63, 3.8) is 0 Å². The van der Waals surface area contributed by atoms with Crippen LogP contribution < -0.4 is 0 Å². The van der Waals surface area contributed by atoms with E-state index >= 15 is 0 Å². The molecule has 0 bridgehead atoms. The molecule has 24 heavy (non-hydrogen) atoms. The number of hydrogen-bond acceptors (Lipinski definition) is 3. The second-order valence-electron chi connectivity index (χ2n) is 6.94. The van der Waals surface area contributed by atoms with E-state index in [0.717, 1.165) is 34.8 Å². The molecule has 0 aliphatic carbocycles. The molecule has 128 valence electrons. The first kappa shape index (κ1) is 16.8. The van der Waals surface area contributed by atoms with Crippen LogP contribution in [-0.2, 0) is 0 Å². The van der Waals surface area contributed by atoms with E-state index in [2.05, 4.69) is 56.0 Å². The molecular weight excluding hydrogens is 298 g/mol. The van der Waals surface area contributed by atoms with Crippen molar-refractivity contribution in [2.45, 2.75) is 39.7 Å². The first-order valence-corrected chi connectivity index (χ1v) is 8.71. The second-order valence-corrected chi connectivity index (χ2v) is 6.94. The molecule has 1 aromatic carbocycles. The molecule has 0 amide bonds. The number of rotatable bonds is 6. The van der Waals surface area contributed by atoms with Gasteiger partial charge in [-0.05, 0) is 39.4 Å². The van der Waals surface area contributed by atoms with Crippen LogP contribution in [0.4, 0.5) is 0 Å². The maximum Gasteiger partial charge on any atom is 0.212 e. The van der Waals surface area contributed by atoms with Crippen molar-refractivity contribution in [1.82, 2.24) is 14.9 Å². The molecule has 2 heterocycles. The van der Waals surface area contributed by atoms with Gasteiger partial charge >= 0.3 is 0 Å². The van der Waals surface area contributed by atoms with E-state index in [4.69, 9.17) is 9.40 Å². The summed E-state index contributed by atoms with van der Waals surface area (Å²) in [5, 5.41) is 1.17. The lowest BCUT2D eigenvalue weighted by Crippen LogP contribution is -2.22. The number of H-pyrrole nitrogens is 1. The van der Waals surface area contributed by atoms with Crippen LogP contribution in [0.15, 0.2) is 34.9 Å². The zero-order valence-electron chi connectivity index (χ0n) is 15.3. The maximum absolute atomic E-state index is 6.26. The number of aryl methyl sites for hydroxylation is 1. The molecule has 1 N–H and O–H groups in total. The van der Waals surface area contributed by atoms with Crippen LogP contribution in [0.25, 0.3) is 22.2 Å². The number of fused-ring (bicyclic) bond motifs is 1. The van der Waals surface area contributed by atoms with Crippen molar-refractivity contribution in [3.05, 3.63) is 42.0 Å². The summed E-state index contributed by atoms with van der Waals surface area (Å²) in [5.41, 5.74) is 3.15. The third kappa shape index (κ3) is 3.11. The molecule has 0 unspecified atom stereocenters. The van der Waals surface area contributed by atoms with Gasteiger partial charge < -0.3 is 9.40 Å². The Bertz CT molecular complexity index is 815. The average molecular weight is 325 g/mol. The van der Waals surface area contributed by atoms with Gasteiger partial charge in [0.2, 0.25) is 5.89 Å². The summed E-state index contributed by atoms with van der Waals surface area (Å²) >= 11 is 0. The molecular formula is C20H27N3O. The van der Waals surface area contributed by atoms with Crippen LogP contribution in [-0.4, -0.2) is 29.0 Å². The average Bonchev–Trinajstić information content (AvgIpc) is 3.15. The van der Waals surface area contributed by atoms with Crippen molar-refractivity contribution < 1.29 is 4.42 Å². The van der Waals surface area contributed by atoms with Crippen LogP contribution >= 0.6 is 0 Å². The third-order valence-corrected chi connectivity index (χ3v) is 4.88. The molecule has 0 saturated heterocycles. The maximum atomic E-state index is 6.26. The molecule has 2 aromatic heterocycles. The van der Waals surface area contributed by atoms with E-state index in [0.29, 0.717) is 5.92 Å². The second kappa shape index (κ2) is 6.81. The molecule has 0 aliphatic rings. The smallest absolute Gasteiger partial charge is 0.212 e. The van der Waals surface area contributed by atoms with Gasteiger partial charge in [0.05, 0.1) is 11.7 Å². The molecule has 3 rings (SSSR count). The minimum atomic E-state index is 0.206. The standard InChI is InChI=1S/C20H27N3O/c1-6-13(2)11-18(23(4)5)20-22-14(3)19(24-20)16-12-21-17-10-8-7-9-15(16)17/h7-10,12-13,18,21H,6,11H2,1-5H3/t13-,18-/m0/s1. The number of oxazole rings is 1. The molecule has 3 aromatic rings. The summed E-state index contributed by atoms with van der Waals surface area (Å²) < 4.78 is 6.26. The summed E-state index contributed by atoms with van der Waals surface area (Å²) in [6.45, 7) is 6.54. The van der Waals surface area contributed by atoms with Gasteiger partial charge in [-0.15, -0.1) is 0 Å². The summed E-state index contributed by atoms with van der Waals surface area (Å²) in [6, 6.07) is 8.49. The SMILES string of the molecule is CC[C@H](C)C[C@@H](c1nc(C)c(-c2c[nH]c3ccccc23)o1)N(C)C. The summed E-state index contributed by atoms with van der Waals surface area (Å²) in [4.78, 5) is 10.3. The number of hydrogen-bond donors (Lipinski definition) is 1. The lowest BCUT2D eigenvalue weighted by atomic mass is 9.99. The Morgan fingerprint density at radius 3 is 2.71 bits per heavy atom. The molecule has 0 aliphatic heterocycles. The predicted molar refractivity (Wildman–Crippen MR) is 99.0 cm³/mol. The normalized spacial score (nSPS) is 14.4. The van der Waals surface area contributed by atoms with Crippen molar-refractivity contribution in [3.8, 4) is 11.3 Å². The highest BCUT2D eigenvalue weighted by Crippen LogP contribution is 2.35. The fourth-order valence-electron chi connectivity index (χ4n) is 3.15. The van der Waals surface area contributed by atoms with Crippen molar-refractivity contribution >= 4 is 10.9 Å². The Morgan fingerprint density at radius 1 is 1.25 bits per heavy atom. The zero-order valence-corrected chi connectivity index (χ0v) is 15.3. The summed E-state index contributed by atoms with van der Waals surface area (Å²) in [6.07, 6.45) is 4.23. The van der Waals surface area contributed by atoms with Crippen LogP contribution in [0.2, 0.25) is 0 Å². The number of nitrogens with one attached hydrogen (secondary N) is 1. The van der Waals surface area contributed by atoms with E-state index in [1.165, 1.54) is 11.8 Å². The summed E-state index contributed by atoms with van der Waals surface area (Å²) in [5.74, 6) is 2.33. The van der Waals surface area contributed by atoms with Gasteiger partial charge in [0, 0.05) is 22.7 Å². The predicted octanol–water partition coefficient (Wildman–Crippen LogP) is 5.17. The highest BCUT2D eigenvalue weighted by Gasteiger charge is 2.24. The fraction of sp³-hybridized carbons (Fsp3) is 0.450. The first-order chi connectivity index (χ1) is 11.5. The molecule has 0 spiro atoms. The molecule has 0 radical (unpaired) electrons. The largest absolute Gasteiger partial charge is 0.439 e. The van der Waals surface area contributed by atoms with Crippen molar-refractivity contribution in [2.24, 2.45) is 5.92 Å². The monoisotopic (exact) mass is 325 g/mol. The van der Waals surface area contributed by atoms with Crippen molar-refractivity contribution in [2.75, 3.05) is 14.1 Å². The Balaban J connectivity index is 2.00. The molecule has 0 fully saturated rings. The van der Waals surface area contributed by atoms with E-state index in [9.17, 15) is 0 Å². The quantitative estimate of drug-likeness (QED) is 0.680. The molecule has 0 saturated carbocycles. The number of aromatic amines is 1. The first-order valence-electron chi connectivity index (χ1n) is 8.71. The molecule has 4 heteroatoms. The van der Waals surface area contributed by atoms with E-state index in [1.807, 2.05) is 19.2 Å². The van der Waals surface area contributed by atoms with Gasteiger partial charge in [0.25, 0.3) is 0 Å². The van der Waals surface area contributed by atoms with Crippen LogP contribution in [0, 0.1) is 12.8 Å². The van der Waals surface area contributed by atoms with E-state index < -0.39 is 0 Å². The van der Waals surface area contributed by atoms with Gasteiger partial charge in [-0.2, -0.15) is 0 Å². The minimum Gasteiger partial charge on any atom is -0.439 e. The van der Waals surface area contributed by atoms with E-state index in [-0.39, 0.29) is 6.04 Å². The van der Waals surface area contributed by atoms with Gasteiger partial charge in [-0.1, -0.05) is 38.5 Å². The highest BCUT2D eigenvalue weighted by atomic mass is 16.4. The van der Waals surface area contributed by atoms with Gasteiger partial charge in [0.1, 0.15) is 0 Å². The Hall–Kier alpha value is -2.07. The van der Waals surface area contributed by atoms with E-state index in [1.54, 1.807) is 0 Å². The topological polar surface area (TPSA) is 45.1 Å². The lowest BCUT2D eigenvalue weighted by molar-refractivity contribution is 0.213. The molecule has 2 atom stereocenters. The summed E-state index contributed by atoms with van der Waals surface area (Å²) in [7, 11) is 4.19. The highest BCUT2D eigenvalue weighted by molar-refractivity contribution is 5.94.